The van der Waals surface area contributed by atoms with Crippen molar-refractivity contribution in [3.63, 3.8) is 0 Å². The molecule has 534 valence electrons. The van der Waals surface area contributed by atoms with E-state index < -0.39 is 97.5 Å². The van der Waals surface area contributed by atoms with Gasteiger partial charge in [-0.15, -0.1) is 0 Å². The van der Waals surface area contributed by atoms with Crippen LogP contribution >= 0.6 is 15.6 Å². The molecule has 6 atom stereocenters. The van der Waals surface area contributed by atoms with Gasteiger partial charge in [0.2, 0.25) is 0 Å². The highest BCUT2D eigenvalue weighted by atomic mass is 31.2. The molecule has 90 heavy (non-hydrogen) atoms. The molecular formula is C71H138O17P2. The topological polar surface area (TPSA) is 237 Å². The minimum absolute atomic E-state index is 0.103. The average Bonchev–Trinajstić information content (AvgIpc) is 2.78. The van der Waals surface area contributed by atoms with Crippen molar-refractivity contribution in [2.45, 2.75) is 381 Å². The lowest BCUT2D eigenvalue weighted by Crippen LogP contribution is -2.30. The maximum absolute atomic E-state index is 13.0. The van der Waals surface area contributed by atoms with E-state index in [0.29, 0.717) is 25.7 Å². The Bertz CT molecular complexity index is 1750. The number of aliphatic hydroxyl groups excluding tert-OH is 1. The first-order valence-electron chi connectivity index (χ1n) is 37.0. The fourth-order valence-electron chi connectivity index (χ4n) is 10.7. The number of aliphatic hydroxyl groups is 1. The molecule has 0 bridgehead atoms. The Hall–Kier alpha value is -1.94. The van der Waals surface area contributed by atoms with Crippen molar-refractivity contribution in [2.24, 2.45) is 11.8 Å². The second-order valence-corrected chi connectivity index (χ2v) is 29.3. The van der Waals surface area contributed by atoms with Crippen LogP contribution in [-0.4, -0.2) is 96.7 Å². The van der Waals surface area contributed by atoms with E-state index in [1.807, 2.05) is 0 Å². The maximum atomic E-state index is 13.0. The molecule has 0 aromatic rings. The fourth-order valence-corrected chi connectivity index (χ4v) is 12.3. The second-order valence-electron chi connectivity index (χ2n) is 26.3. The van der Waals surface area contributed by atoms with Crippen LogP contribution in [-0.2, 0) is 65.4 Å². The third-order valence-corrected chi connectivity index (χ3v) is 18.7. The summed E-state index contributed by atoms with van der Waals surface area (Å²) in [6.45, 7) is 9.48. The van der Waals surface area contributed by atoms with Crippen molar-refractivity contribution < 1.29 is 80.2 Å². The Balaban J connectivity index is 5.22. The first kappa shape index (κ1) is 88.1. The molecule has 0 amide bonds. The minimum Gasteiger partial charge on any atom is -0.462 e. The van der Waals surface area contributed by atoms with Crippen molar-refractivity contribution in [2.75, 3.05) is 39.6 Å². The van der Waals surface area contributed by atoms with Gasteiger partial charge in [0.1, 0.15) is 19.3 Å². The molecule has 0 aliphatic carbocycles. The molecule has 0 rings (SSSR count). The Morgan fingerprint density at radius 1 is 0.322 bits per heavy atom. The van der Waals surface area contributed by atoms with Gasteiger partial charge in [-0.3, -0.25) is 37.3 Å². The first-order valence-corrected chi connectivity index (χ1v) is 40.0. The summed E-state index contributed by atoms with van der Waals surface area (Å²) in [4.78, 5) is 72.5. The van der Waals surface area contributed by atoms with Crippen LogP contribution in [0.2, 0.25) is 0 Å². The van der Waals surface area contributed by atoms with Crippen molar-refractivity contribution >= 4 is 39.5 Å². The van der Waals surface area contributed by atoms with Gasteiger partial charge < -0.3 is 33.8 Å². The Morgan fingerprint density at radius 3 is 0.844 bits per heavy atom. The number of hydrogen-bond acceptors (Lipinski definition) is 15. The first-order chi connectivity index (χ1) is 43.4. The summed E-state index contributed by atoms with van der Waals surface area (Å²) in [5, 5.41) is 10.6. The molecule has 0 spiro atoms. The third kappa shape index (κ3) is 63.5. The lowest BCUT2D eigenvalue weighted by Gasteiger charge is -2.21. The lowest BCUT2D eigenvalue weighted by atomic mass is 10.00. The van der Waals surface area contributed by atoms with Crippen molar-refractivity contribution in [1.82, 2.24) is 0 Å². The number of hydrogen-bond donors (Lipinski definition) is 3. The van der Waals surface area contributed by atoms with Gasteiger partial charge in [0.15, 0.2) is 12.2 Å². The zero-order valence-corrected chi connectivity index (χ0v) is 60.2. The highest BCUT2D eigenvalue weighted by molar-refractivity contribution is 7.47. The van der Waals surface area contributed by atoms with Crippen molar-refractivity contribution in [3.8, 4) is 0 Å². The van der Waals surface area contributed by atoms with E-state index >= 15 is 0 Å². The van der Waals surface area contributed by atoms with E-state index in [1.165, 1.54) is 180 Å². The standard InChI is InChI=1S/C71H138O17P2/c1-7-10-12-14-16-18-20-21-22-23-24-25-26-27-31-36-43-49-55-70(75)87-66(59-81-69(74)54-48-42-35-32-28-29-33-39-45-51-63(4)5)61-85-89(77,78)83-57-65(72)58-84-90(79,80)86-62-67(88-71(76)56-50-44-38-37-40-46-52-64(6)9-3)60-82-68(73)53-47-41-34-30-19-17-15-13-11-8-2/h63-67,72H,7-62H2,1-6H3,(H,77,78)(H,79,80)/t64?,65-,66-,67-/m1/s1. The third-order valence-electron chi connectivity index (χ3n) is 16.8. The molecule has 0 heterocycles. The summed E-state index contributed by atoms with van der Waals surface area (Å²) in [6.07, 6.45) is 48.6. The number of ether oxygens (including phenoxy) is 4. The summed E-state index contributed by atoms with van der Waals surface area (Å²) < 4.78 is 68.3. The molecule has 0 aromatic heterocycles. The van der Waals surface area contributed by atoms with Crippen LogP contribution in [0.25, 0.3) is 0 Å². The lowest BCUT2D eigenvalue weighted by molar-refractivity contribution is -0.161. The second kappa shape index (κ2) is 63.1. The molecule has 0 saturated carbocycles. The van der Waals surface area contributed by atoms with Crippen molar-refractivity contribution in [1.29, 1.82) is 0 Å². The number of carbonyl (C=O) groups excluding carboxylic acids is 4. The Kier molecular flexibility index (Phi) is 61.8. The van der Waals surface area contributed by atoms with Gasteiger partial charge in [0.25, 0.3) is 0 Å². The van der Waals surface area contributed by atoms with Crippen LogP contribution in [0.1, 0.15) is 363 Å². The van der Waals surface area contributed by atoms with E-state index in [1.54, 1.807) is 0 Å². The van der Waals surface area contributed by atoms with Crippen LogP contribution in [0.15, 0.2) is 0 Å². The number of carbonyl (C=O) groups is 4. The van der Waals surface area contributed by atoms with Gasteiger partial charge in [-0.2, -0.15) is 0 Å². The molecule has 0 saturated heterocycles. The molecule has 0 aromatic carbocycles. The highest BCUT2D eigenvalue weighted by Crippen LogP contribution is 2.45. The smallest absolute Gasteiger partial charge is 0.462 e. The molecule has 0 aliphatic rings. The van der Waals surface area contributed by atoms with Crippen LogP contribution in [0, 0.1) is 11.8 Å². The van der Waals surface area contributed by atoms with Crippen LogP contribution in [0.5, 0.6) is 0 Å². The molecular weight excluding hydrogens is 1190 g/mol. The summed E-state index contributed by atoms with van der Waals surface area (Å²) >= 11 is 0. The van der Waals surface area contributed by atoms with Crippen LogP contribution < -0.4 is 0 Å². The quantitative estimate of drug-likeness (QED) is 0.0222. The summed E-state index contributed by atoms with van der Waals surface area (Å²) in [6, 6.07) is 0. The van der Waals surface area contributed by atoms with E-state index in [4.69, 9.17) is 37.0 Å². The van der Waals surface area contributed by atoms with E-state index in [-0.39, 0.29) is 25.7 Å². The SMILES string of the molecule is CCCCCCCCCCCCCCCCCCCCC(=O)O[C@H](COC(=O)CCCCCCCCCCCC(C)C)COP(=O)(O)OC[C@@H](O)COP(=O)(O)OC[C@@H](COC(=O)CCCCCCCCCCCC)OC(=O)CCCCCCCCC(C)CC. The van der Waals surface area contributed by atoms with Crippen LogP contribution in [0.4, 0.5) is 0 Å². The number of unbranched alkanes of at least 4 members (excludes halogenated alkanes) is 39. The molecule has 3 unspecified atom stereocenters. The molecule has 0 fully saturated rings. The Morgan fingerprint density at radius 2 is 0.567 bits per heavy atom. The zero-order chi connectivity index (χ0) is 66.5. The largest absolute Gasteiger partial charge is 0.472 e. The monoisotopic (exact) mass is 1320 g/mol. The number of rotatable bonds is 70. The Labute approximate surface area is 549 Å². The van der Waals surface area contributed by atoms with E-state index in [0.717, 1.165) is 102 Å². The summed E-state index contributed by atoms with van der Waals surface area (Å²) in [5.74, 6) is -0.662. The zero-order valence-electron chi connectivity index (χ0n) is 58.4. The molecule has 17 nitrogen and oxygen atoms in total. The average molecular weight is 1330 g/mol. The molecule has 19 heteroatoms. The number of phosphoric acid groups is 2. The highest BCUT2D eigenvalue weighted by Gasteiger charge is 2.30. The fraction of sp³-hybridized carbons (Fsp3) is 0.944. The number of esters is 4. The predicted octanol–water partition coefficient (Wildman–Crippen LogP) is 20.4. The van der Waals surface area contributed by atoms with E-state index in [9.17, 15) is 43.2 Å². The molecule has 3 N–H and O–H groups in total. The van der Waals surface area contributed by atoms with Gasteiger partial charge in [-0.1, -0.05) is 311 Å². The normalized spacial score (nSPS) is 14.4. The predicted molar refractivity (Wildman–Crippen MR) is 363 cm³/mol. The number of phosphoric ester groups is 2. The molecule has 0 radical (unpaired) electrons. The van der Waals surface area contributed by atoms with Gasteiger partial charge in [0.05, 0.1) is 26.4 Å². The van der Waals surface area contributed by atoms with E-state index in [2.05, 4.69) is 41.5 Å². The molecule has 0 aliphatic heterocycles. The maximum Gasteiger partial charge on any atom is 0.472 e. The van der Waals surface area contributed by atoms with Gasteiger partial charge in [0, 0.05) is 25.7 Å². The van der Waals surface area contributed by atoms with Gasteiger partial charge >= 0.3 is 39.5 Å². The summed E-state index contributed by atoms with van der Waals surface area (Å²) in [5.41, 5.74) is 0. The van der Waals surface area contributed by atoms with Gasteiger partial charge in [-0.05, 0) is 37.5 Å². The summed E-state index contributed by atoms with van der Waals surface area (Å²) in [7, 11) is -9.90. The van der Waals surface area contributed by atoms with Crippen molar-refractivity contribution in [3.05, 3.63) is 0 Å². The van der Waals surface area contributed by atoms with Crippen LogP contribution in [0.3, 0.4) is 0 Å². The van der Waals surface area contributed by atoms with Gasteiger partial charge in [-0.25, -0.2) is 9.13 Å². The minimum atomic E-state index is -4.95.